The lowest BCUT2D eigenvalue weighted by atomic mass is 10.1. The lowest BCUT2D eigenvalue weighted by Gasteiger charge is -2.04. The number of pyridine rings is 1. The Labute approximate surface area is 102 Å². The van der Waals surface area contributed by atoms with E-state index in [9.17, 15) is 14.0 Å². The Bertz CT molecular complexity index is 649. The molecule has 0 atom stereocenters. The van der Waals surface area contributed by atoms with Gasteiger partial charge in [-0.3, -0.25) is 4.79 Å². The summed E-state index contributed by atoms with van der Waals surface area (Å²) in [7, 11) is 1.18. The average molecular weight is 247 g/mol. The number of rotatable bonds is 2. The molecule has 18 heavy (non-hydrogen) atoms. The molecule has 4 nitrogen and oxygen atoms in total. The SMILES string of the molecule is COC(=O)c1ccc(-c2cccc(=O)[nH]2)cc1F. The molecule has 0 unspecified atom stereocenters. The highest BCUT2D eigenvalue weighted by molar-refractivity contribution is 5.90. The molecule has 1 N–H and O–H groups in total. The molecule has 1 aromatic carbocycles. The van der Waals surface area contributed by atoms with Crippen molar-refractivity contribution in [1.82, 2.24) is 4.98 Å². The molecule has 0 aliphatic carbocycles. The van der Waals surface area contributed by atoms with Gasteiger partial charge in [0.2, 0.25) is 5.56 Å². The molecule has 92 valence electrons. The van der Waals surface area contributed by atoms with Crippen LogP contribution in [0.2, 0.25) is 0 Å². The smallest absolute Gasteiger partial charge is 0.340 e. The number of aromatic nitrogens is 1. The summed E-state index contributed by atoms with van der Waals surface area (Å²) in [6.45, 7) is 0. The maximum Gasteiger partial charge on any atom is 0.340 e. The topological polar surface area (TPSA) is 59.2 Å². The predicted octanol–water partition coefficient (Wildman–Crippen LogP) is 1.97. The maximum atomic E-state index is 13.7. The van der Waals surface area contributed by atoms with Crippen LogP contribution < -0.4 is 5.56 Å². The van der Waals surface area contributed by atoms with Gasteiger partial charge in [-0.05, 0) is 18.2 Å². The van der Waals surface area contributed by atoms with Crippen molar-refractivity contribution in [1.29, 1.82) is 0 Å². The summed E-state index contributed by atoms with van der Waals surface area (Å²) in [5.41, 5.74) is 0.556. The lowest BCUT2D eigenvalue weighted by molar-refractivity contribution is 0.0595. The highest BCUT2D eigenvalue weighted by Crippen LogP contribution is 2.19. The molecule has 0 aliphatic rings. The molecule has 0 bridgehead atoms. The number of H-pyrrole nitrogens is 1. The molecule has 0 aliphatic heterocycles. The van der Waals surface area contributed by atoms with Crippen LogP contribution in [0.3, 0.4) is 0 Å². The van der Waals surface area contributed by atoms with Crippen LogP contribution >= 0.6 is 0 Å². The Morgan fingerprint density at radius 3 is 2.67 bits per heavy atom. The van der Waals surface area contributed by atoms with Gasteiger partial charge in [-0.1, -0.05) is 12.1 Å². The van der Waals surface area contributed by atoms with Crippen LogP contribution in [-0.2, 0) is 4.74 Å². The van der Waals surface area contributed by atoms with Crippen LogP contribution in [0.15, 0.2) is 41.2 Å². The zero-order valence-electron chi connectivity index (χ0n) is 9.57. The first-order valence-corrected chi connectivity index (χ1v) is 5.19. The summed E-state index contributed by atoms with van der Waals surface area (Å²) in [5.74, 6) is -1.43. The second kappa shape index (κ2) is 4.83. The van der Waals surface area contributed by atoms with Crippen LogP contribution in [0.25, 0.3) is 11.3 Å². The predicted molar refractivity (Wildman–Crippen MR) is 63.8 cm³/mol. The Morgan fingerprint density at radius 2 is 2.06 bits per heavy atom. The summed E-state index contributed by atoms with van der Waals surface area (Å²) in [6.07, 6.45) is 0. The Balaban J connectivity index is 2.46. The molecular weight excluding hydrogens is 237 g/mol. The molecule has 1 heterocycles. The van der Waals surface area contributed by atoms with E-state index in [-0.39, 0.29) is 11.1 Å². The Kier molecular flexibility index (Phi) is 3.23. The van der Waals surface area contributed by atoms with Crippen LogP contribution in [0.4, 0.5) is 4.39 Å². The molecule has 0 saturated carbocycles. The summed E-state index contributed by atoms with van der Waals surface area (Å²) in [6, 6.07) is 8.62. The molecule has 5 heteroatoms. The van der Waals surface area contributed by atoms with Gasteiger partial charge in [-0.15, -0.1) is 0 Å². The van der Waals surface area contributed by atoms with E-state index in [0.717, 1.165) is 0 Å². The van der Waals surface area contributed by atoms with E-state index in [0.29, 0.717) is 11.3 Å². The summed E-state index contributed by atoms with van der Waals surface area (Å²) in [4.78, 5) is 24.9. The van der Waals surface area contributed by atoms with Crippen LogP contribution in [0.5, 0.6) is 0 Å². The van der Waals surface area contributed by atoms with Crippen molar-refractivity contribution >= 4 is 5.97 Å². The van der Waals surface area contributed by atoms with Crippen molar-refractivity contribution in [2.45, 2.75) is 0 Å². The number of aromatic amines is 1. The minimum Gasteiger partial charge on any atom is -0.465 e. The monoisotopic (exact) mass is 247 g/mol. The second-order valence-corrected chi connectivity index (χ2v) is 3.61. The second-order valence-electron chi connectivity index (χ2n) is 3.61. The van der Waals surface area contributed by atoms with Gasteiger partial charge in [0, 0.05) is 17.3 Å². The Hall–Kier alpha value is -2.43. The minimum atomic E-state index is -0.736. The molecule has 0 amide bonds. The van der Waals surface area contributed by atoms with Gasteiger partial charge < -0.3 is 9.72 Å². The molecule has 2 aromatic rings. The Morgan fingerprint density at radius 1 is 1.28 bits per heavy atom. The number of benzene rings is 1. The van der Waals surface area contributed by atoms with Gasteiger partial charge in [-0.25, -0.2) is 9.18 Å². The van der Waals surface area contributed by atoms with E-state index in [4.69, 9.17) is 0 Å². The third-order valence-electron chi connectivity index (χ3n) is 2.45. The minimum absolute atomic E-state index is 0.139. The highest BCUT2D eigenvalue weighted by Gasteiger charge is 2.12. The molecule has 0 saturated heterocycles. The molecule has 0 spiro atoms. The van der Waals surface area contributed by atoms with Gasteiger partial charge >= 0.3 is 5.97 Å². The fraction of sp³-hybridized carbons (Fsp3) is 0.0769. The van der Waals surface area contributed by atoms with E-state index in [1.165, 1.54) is 25.3 Å². The number of carbonyl (C=O) groups excluding carboxylic acids is 1. The molecule has 0 fully saturated rings. The molecule has 0 radical (unpaired) electrons. The number of methoxy groups -OCH3 is 1. The number of hydrogen-bond acceptors (Lipinski definition) is 3. The van der Waals surface area contributed by atoms with Crippen molar-refractivity contribution in [2.24, 2.45) is 0 Å². The summed E-state index contributed by atoms with van der Waals surface area (Å²) < 4.78 is 18.1. The first-order valence-electron chi connectivity index (χ1n) is 5.19. The fourth-order valence-corrected chi connectivity index (χ4v) is 1.57. The van der Waals surface area contributed by atoms with E-state index in [2.05, 4.69) is 9.72 Å². The molecular formula is C13H10FNO3. The highest BCUT2D eigenvalue weighted by atomic mass is 19.1. The number of nitrogens with one attached hydrogen (secondary N) is 1. The van der Waals surface area contributed by atoms with Crippen LogP contribution in [-0.4, -0.2) is 18.1 Å². The summed E-state index contributed by atoms with van der Waals surface area (Å²) in [5, 5.41) is 0. The number of esters is 1. The van der Waals surface area contributed by atoms with E-state index in [1.54, 1.807) is 18.2 Å². The van der Waals surface area contributed by atoms with Gasteiger partial charge in [0.05, 0.1) is 12.7 Å². The van der Waals surface area contributed by atoms with Gasteiger partial charge in [-0.2, -0.15) is 0 Å². The van der Waals surface area contributed by atoms with Gasteiger partial charge in [0.1, 0.15) is 5.82 Å². The van der Waals surface area contributed by atoms with Crippen molar-refractivity contribution in [3.63, 3.8) is 0 Å². The van der Waals surface area contributed by atoms with Crippen molar-refractivity contribution < 1.29 is 13.9 Å². The molecule has 2 rings (SSSR count). The number of carbonyl (C=O) groups is 1. The maximum absolute atomic E-state index is 13.7. The van der Waals surface area contributed by atoms with Crippen LogP contribution in [0.1, 0.15) is 10.4 Å². The lowest BCUT2D eigenvalue weighted by Crippen LogP contribution is -2.06. The van der Waals surface area contributed by atoms with E-state index in [1.807, 2.05) is 0 Å². The first-order chi connectivity index (χ1) is 8.61. The van der Waals surface area contributed by atoms with Gasteiger partial charge in [0.15, 0.2) is 0 Å². The third-order valence-corrected chi connectivity index (χ3v) is 2.45. The average Bonchev–Trinajstić information content (AvgIpc) is 2.37. The van der Waals surface area contributed by atoms with E-state index < -0.39 is 11.8 Å². The zero-order valence-corrected chi connectivity index (χ0v) is 9.57. The van der Waals surface area contributed by atoms with Crippen molar-refractivity contribution in [3.8, 4) is 11.3 Å². The number of hydrogen-bond donors (Lipinski definition) is 1. The first kappa shape index (κ1) is 12.0. The zero-order chi connectivity index (χ0) is 13.1. The van der Waals surface area contributed by atoms with Gasteiger partial charge in [0.25, 0.3) is 0 Å². The quantitative estimate of drug-likeness (QED) is 0.825. The largest absolute Gasteiger partial charge is 0.465 e. The summed E-state index contributed by atoms with van der Waals surface area (Å²) >= 11 is 0. The molecule has 1 aromatic heterocycles. The normalized spacial score (nSPS) is 10.1. The standard InChI is InChI=1S/C13H10FNO3/c1-18-13(17)9-6-5-8(7-10(9)14)11-3-2-4-12(16)15-11/h2-7H,1H3,(H,15,16). The van der Waals surface area contributed by atoms with E-state index >= 15 is 0 Å². The van der Waals surface area contributed by atoms with Crippen LogP contribution in [0, 0.1) is 5.82 Å². The number of halogens is 1. The van der Waals surface area contributed by atoms with Crippen molar-refractivity contribution in [3.05, 3.63) is 58.1 Å². The third kappa shape index (κ3) is 2.29. The number of ether oxygens (including phenoxy) is 1. The fourth-order valence-electron chi connectivity index (χ4n) is 1.57. The van der Waals surface area contributed by atoms with Crippen molar-refractivity contribution in [2.75, 3.05) is 7.11 Å².